The molecule has 1 unspecified atom stereocenters. The Morgan fingerprint density at radius 1 is 0.730 bits per heavy atom. The van der Waals surface area contributed by atoms with E-state index in [9.17, 15) is 4.79 Å². The zero-order chi connectivity index (χ0) is 25.6. The largest absolute Gasteiger partial charge is 0.292 e. The zero-order valence-electron chi connectivity index (χ0n) is 19.7. The minimum absolute atomic E-state index is 0.0860. The maximum absolute atomic E-state index is 12.7. The lowest BCUT2D eigenvalue weighted by atomic mass is 9.93. The Kier molecular flexibility index (Phi) is 6.26. The normalized spacial score (nSPS) is 18.5. The van der Waals surface area contributed by atoms with Gasteiger partial charge in [0.15, 0.2) is 10.8 Å². The number of hydrogen-bond acceptors (Lipinski definition) is 6. The number of anilines is 2. The molecule has 0 aliphatic carbocycles. The van der Waals surface area contributed by atoms with Gasteiger partial charge in [-0.1, -0.05) is 86.5 Å². The van der Waals surface area contributed by atoms with Crippen LogP contribution in [-0.2, 0) is 9.79 Å². The molecule has 0 bridgehead atoms. The molecule has 182 valence electrons. The first-order valence-electron chi connectivity index (χ1n) is 11.6. The van der Waals surface area contributed by atoms with Gasteiger partial charge >= 0.3 is 0 Å². The molecular formula is C29H20Br2N4OS. The number of thioether (sulfide) groups is 1. The van der Waals surface area contributed by atoms with Crippen LogP contribution in [0.1, 0.15) is 23.6 Å². The van der Waals surface area contributed by atoms with E-state index in [0.717, 1.165) is 42.7 Å². The van der Waals surface area contributed by atoms with Crippen LogP contribution in [0, 0.1) is 0 Å². The molecule has 4 aromatic carbocycles. The number of carbonyl (C=O) groups is 1. The second kappa shape index (κ2) is 9.59. The van der Waals surface area contributed by atoms with Gasteiger partial charge < -0.3 is 0 Å². The second-order valence-corrected chi connectivity index (χ2v) is 11.6. The molecule has 1 spiro atoms. The molecule has 1 atom stereocenters. The van der Waals surface area contributed by atoms with E-state index in [1.54, 1.807) is 6.92 Å². The maximum Gasteiger partial charge on any atom is 0.234 e. The third-order valence-corrected chi connectivity index (χ3v) is 8.70. The van der Waals surface area contributed by atoms with Gasteiger partial charge in [-0.2, -0.15) is 10.2 Å². The van der Waals surface area contributed by atoms with Crippen LogP contribution >= 0.6 is 43.6 Å². The van der Waals surface area contributed by atoms with Crippen molar-refractivity contribution in [3.05, 3.63) is 129 Å². The predicted molar refractivity (Wildman–Crippen MR) is 159 cm³/mol. The highest BCUT2D eigenvalue weighted by atomic mass is 79.9. The molecule has 0 aromatic heterocycles. The number of halogens is 2. The van der Waals surface area contributed by atoms with E-state index in [1.807, 2.05) is 88.9 Å². The van der Waals surface area contributed by atoms with E-state index in [1.165, 1.54) is 11.8 Å². The average molecular weight is 632 g/mol. The van der Waals surface area contributed by atoms with Crippen molar-refractivity contribution < 1.29 is 4.79 Å². The molecule has 2 aliphatic heterocycles. The topological polar surface area (TPSA) is 48.3 Å². The summed E-state index contributed by atoms with van der Waals surface area (Å²) in [5.74, 6) is -0.0860. The Morgan fingerprint density at radius 2 is 1.30 bits per heavy atom. The number of nitrogens with zero attached hydrogens (tertiary/aromatic N) is 4. The molecule has 0 saturated heterocycles. The first-order valence-corrected chi connectivity index (χ1v) is 14.0. The molecule has 5 nitrogen and oxygen atoms in total. The predicted octanol–water partition coefficient (Wildman–Crippen LogP) is 7.75. The van der Waals surface area contributed by atoms with Crippen molar-refractivity contribution in [1.29, 1.82) is 0 Å². The number of rotatable bonds is 4. The number of carbonyl (C=O) groups excluding carboxylic acids is 1. The number of benzene rings is 4. The number of para-hydroxylation sites is 1. The summed E-state index contributed by atoms with van der Waals surface area (Å²) in [6.07, 6.45) is 0. The van der Waals surface area contributed by atoms with E-state index in [4.69, 9.17) is 10.2 Å². The first kappa shape index (κ1) is 24.2. The average Bonchev–Trinajstić information content (AvgIpc) is 3.32. The minimum atomic E-state index is -0.953. The lowest BCUT2D eigenvalue weighted by Gasteiger charge is -2.47. The van der Waals surface area contributed by atoms with Crippen molar-refractivity contribution in [1.82, 2.24) is 0 Å². The van der Waals surface area contributed by atoms with Crippen molar-refractivity contribution in [3.63, 3.8) is 0 Å². The van der Waals surface area contributed by atoms with Gasteiger partial charge in [-0.05, 0) is 60.3 Å². The molecule has 2 heterocycles. The smallest absolute Gasteiger partial charge is 0.234 e. The summed E-state index contributed by atoms with van der Waals surface area (Å²) in [5, 5.41) is 14.5. The van der Waals surface area contributed by atoms with Gasteiger partial charge in [0.2, 0.25) is 4.99 Å². The molecule has 6 rings (SSSR count). The molecule has 0 amide bonds. The highest BCUT2D eigenvalue weighted by Crippen LogP contribution is 2.55. The van der Waals surface area contributed by atoms with Crippen LogP contribution in [0.25, 0.3) is 0 Å². The van der Waals surface area contributed by atoms with E-state index in [0.29, 0.717) is 5.04 Å². The molecule has 8 heteroatoms. The Hall–Kier alpha value is -3.20. The van der Waals surface area contributed by atoms with Gasteiger partial charge in [0.1, 0.15) is 0 Å². The third-order valence-electron chi connectivity index (χ3n) is 6.23. The standard InChI is InChI=1S/C29H20Br2N4OS/c1-19(36)28-33-35(24-17-15-22(31)16-18-24)29(37-28)26-10-6-5-9-25(26)27(20-11-13-21(30)14-12-20)32-34(29)23-7-3-2-4-8-23/h2-18H,1H3. The van der Waals surface area contributed by atoms with Crippen molar-refractivity contribution in [2.45, 2.75) is 11.9 Å². The van der Waals surface area contributed by atoms with E-state index in [2.05, 4.69) is 56.1 Å². The van der Waals surface area contributed by atoms with Crippen molar-refractivity contribution in [2.75, 3.05) is 10.0 Å². The fourth-order valence-electron chi connectivity index (χ4n) is 4.55. The maximum atomic E-state index is 12.7. The van der Waals surface area contributed by atoms with Gasteiger partial charge in [0.25, 0.3) is 0 Å². The van der Waals surface area contributed by atoms with Crippen LogP contribution in [0.4, 0.5) is 11.4 Å². The van der Waals surface area contributed by atoms with Gasteiger partial charge in [-0.25, -0.2) is 10.0 Å². The fraction of sp³-hybridized carbons (Fsp3) is 0.0690. The first-order chi connectivity index (χ1) is 18.0. The summed E-state index contributed by atoms with van der Waals surface area (Å²) in [6.45, 7) is 1.56. The molecule has 37 heavy (non-hydrogen) atoms. The highest BCUT2D eigenvalue weighted by Gasteiger charge is 2.55. The summed E-state index contributed by atoms with van der Waals surface area (Å²) < 4.78 is 1.97. The van der Waals surface area contributed by atoms with Gasteiger partial charge in [0.05, 0.1) is 17.1 Å². The molecule has 0 fully saturated rings. The molecule has 0 saturated carbocycles. The molecule has 4 aromatic rings. The molecular weight excluding hydrogens is 612 g/mol. The minimum Gasteiger partial charge on any atom is -0.292 e. The molecule has 0 radical (unpaired) electrons. The van der Waals surface area contributed by atoms with Crippen LogP contribution < -0.4 is 10.0 Å². The Balaban J connectivity index is 1.66. The lowest BCUT2D eigenvalue weighted by molar-refractivity contribution is -0.110. The van der Waals surface area contributed by atoms with Gasteiger partial charge in [-0.3, -0.25) is 4.79 Å². The van der Waals surface area contributed by atoms with E-state index >= 15 is 0 Å². The number of ketones is 1. The molecule has 2 aliphatic rings. The number of hydrazone groups is 2. The van der Waals surface area contributed by atoms with Crippen LogP contribution in [0.2, 0.25) is 0 Å². The SMILES string of the molecule is CC(=O)C1=NN(c2ccc(Br)cc2)C2(S1)c1ccccc1C(c1ccc(Br)cc1)=NN2c1ccccc1. The fourth-order valence-corrected chi connectivity index (χ4v) is 6.37. The summed E-state index contributed by atoms with van der Waals surface area (Å²) in [6, 6.07) is 34.4. The third kappa shape index (κ3) is 4.13. The summed E-state index contributed by atoms with van der Waals surface area (Å²) in [4.78, 5) is 11.8. The molecule has 0 N–H and O–H groups in total. The van der Waals surface area contributed by atoms with Crippen LogP contribution in [0.15, 0.2) is 122 Å². The van der Waals surface area contributed by atoms with E-state index < -0.39 is 4.99 Å². The Labute approximate surface area is 236 Å². The zero-order valence-corrected chi connectivity index (χ0v) is 23.7. The lowest BCUT2D eigenvalue weighted by Crippen LogP contribution is -2.54. The van der Waals surface area contributed by atoms with Gasteiger partial charge in [0, 0.05) is 32.6 Å². The second-order valence-electron chi connectivity index (χ2n) is 8.61. The number of Topliss-reactive ketones (excluding diaryl/α,β-unsaturated/α-hetero) is 1. The van der Waals surface area contributed by atoms with Crippen LogP contribution in [-0.4, -0.2) is 16.5 Å². The van der Waals surface area contributed by atoms with Gasteiger partial charge in [-0.15, -0.1) is 0 Å². The Morgan fingerprint density at radius 3 is 1.97 bits per heavy atom. The number of hydrogen-bond donors (Lipinski definition) is 0. The quantitative estimate of drug-likeness (QED) is 0.231. The highest BCUT2D eigenvalue weighted by molar-refractivity contribution is 9.10. The van der Waals surface area contributed by atoms with Crippen molar-refractivity contribution in [2.24, 2.45) is 10.2 Å². The van der Waals surface area contributed by atoms with E-state index in [-0.39, 0.29) is 5.78 Å². The van der Waals surface area contributed by atoms with Crippen LogP contribution in [0.5, 0.6) is 0 Å². The van der Waals surface area contributed by atoms with Crippen molar-refractivity contribution >= 4 is 71.5 Å². The summed E-state index contributed by atoms with van der Waals surface area (Å²) in [7, 11) is 0. The number of fused-ring (bicyclic) bond motifs is 2. The monoisotopic (exact) mass is 630 g/mol. The van der Waals surface area contributed by atoms with Crippen LogP contribution in [0.3, 0.4) is 0 Å². The summed E-state index contributed by atoms with van der Waals surface area (Å²) in [5.41, 5.74) is 5.58. The summed E-state index contributed by atoms with van der Waals surface area (Å²) >= 11 is 8.51. The van der Waals surface area contributed by atoms with Crippen molar-refractivity contribution in [3.8, 4) is 0 Å². The Bertz CT molecular complexity index is 1560.